The van der Waals surface area contributed by atoms with Gasteiger partial charge in [-0.1, -0.05) is 18.2 Å². The largest absolute Gasteiger partial charge is 0.473 e. The maximum atomic E-state index is 12.9. The summed E-state index contributed by atoms with van der Waals surface area (Å²) >= 11 is 0. The molecule has 0 atom stereocenters. The number of carbonyl (C=O) groups excluding carboxylic acids is 1. The van der Waals surface area contributed by atoms with Gasteiger partial charge in [0, 0.05) is 60.3 Å². The average Bonchev–Trinajstić information content (AvgIpc) is 3.35. The molecule has 0 spiro atoms. The van der Waals surface area contributed by atoms with Crippen molar-refractivity contribution in [2.24, 2.45) is 0 Å². The van der Waals surface area contributed by atoms with Crippen LogP contribution in [0.25, 0.3) is 16.5 Å². The number of aromatic nitrogens is 3. The Kier molecular flexibility index (Phi) is 4.89. The van der Waals surface area contributed by atoms with Crippen molar-refractivity contribution in [3.05, 3.63) is 84.8 Å². The minimum absolute atomic E-state index is 0.0327. The number of likely N-dealkylation sites (tertiary alicyclic amines) is 1. The summed E-state index contributed by atoms with van der Waals surface area (Å²) in [5.41, 5.74) is 1.75. The molecule has 0 N–H and O–H groups in total. The molecule has 150 valence electrons. The third-order valence-corrected chi connectivity index (χ3v) is 5.56. The fraction of sp³-hybridized carbons (Fsp3) is 0.208. The Balaban J connectivity index is 1.22. The lowest BCUT2D eigenvalue weighted by Gasteiger charge is -2.32. The van der Waals surface area contributed by atoms with Gasteiger partial charge in [0.2, 0.25) is 5.88 Å². The van der Waals surface area contributed by atoms with Crippen molar-refractivity contribution < 1.29 is 9.53 Å². The number of fused-ring (bicyclic) bond motifs is 1. The average molecular weight is 398 g/mol. The van der Waals surface area contributed by atoms with Gasteiger partial charge in [-0.2, -0.15) is 5.10 Å². The van der Waals surface area contributed by atoms with Crippen LogP contribution in [0.5, 0.6) is 5.88 Å². The number of carbonyl (C=O) groups is 1. The van der Waals surface area contributed by atoms with Crippen molar-refractivity contribution in [3.63, 3.8) is 0 Å². The van der Waals surface area contributed by atoms with Gasteiger partial charge >= 0.3 is 0 Å². The van der Waals surface area contributed by atoms with Crippen LogP contribution in [0.15, 0.2) is 79.3 Å². The number of ether oxygens (including phenoxy) is 1. The lowest BCUT2D eigenvalue weighted by atomic mass is 10.1. The first kappa shape index (κ1) is 18.4. The van der Waals surface area contributed by atoms with E-state index >= 15 is 0 Å². The first-order valence-electron chi connectivity index (χ1n) is 10.2. The van der Waals surface area contributed by atoms with E-state index in [1.807, 2.05) is 82.5 Å². The van der Waals surface area contributed by atoms with Crippen molar-refractivity contribution in [1.29, 1.82) is 0 Å². The Morgan fingerprint density at radius 3 is 2.43 bits per heavy atom. The third kappa shape index (κ3) is 3.64. The first-order valence-corrected chi connectivity index (χ1v) is 10.2. The molecule has 2 aromatic heterocycles. The summed E-state index contributed by atoms with van der Waals surface area (Å²) in [4.78, 5) is 14.8. The zero-order valence-electron chi connectivity index (χ0n) is 16.5. The molecule has 2 aromatic carbocycles. The van der Waals surface area contributed by atoms with Crippen molar-refractivity contribution in [1.82, 2.24) is 19.7 Å². The topological polar surface area (TPSA) is 60.2 Å². The Labute approximate surface area is 174 Å². The van der Waals surface area contributed by atoms with E-state index in [-0.39, 0.29) is 12.0 Å². The van der Waals surface area contributed by atoms with Gasteiger partial charge in [0.05, 0.1) is 6.20 Å². The highest BCUT2D eigenvalue weighted by molar-refractivity contribution is 5.94. The normalized spacial score (nSPS) is 14.7. The van der Waals surface area contributed by atoms with Gasteiger partial charge in [0.1, 0.15) is 6.10 Å². The van der Waals surface area contributed by atoms with E-state index in [0.29, 0.717) is 24.5 Å². The fourth-order valence-corrected chi connectivity index (χ4v) is 3.89. The Bertz CT molecular complexity index is 1140. The van der Waals surface area contributed by atoms with Gasteiger partial charge in [0.15, 0.2) is 0 Å². The summed E-state index contributed by atoms with van der Waals surface area (Å²) in [5.74, 6) is 0.635. The van der Waals surface area contributed by atoms with Crippen LogP contribution in [0.4, 0.5) is 0 Å². The van der Waals surface area contributed by atoms with E-state index in [1.165, 1.54) is 0 Å². The van der Waals surface area contributed by atoms with Crippen LogP contribution in [0.2, 0.25) is 0 Å². The second-order valence-electron chi connectivity index (χ2n) is 7.48. The minimum atomic E-state index is 0.0327. The highest BCUT2D eigenvalue weighted by Crippen LogP contribution is 2.25. The highest BCUT2D eigenvalue weighted by atomic mass is 16.5. The molecule has 1 amide bonds. The van der Waals surface area contributed by atoms with E-state index in [4.69, 9.17) is 4.74 Å². The molecule has 0 bridgehead atoms. The van der Waals surface area contributed by atoms with E-state index in [2.05, 4.69) is 10.2 Å². The van der Waals surface area contributed by atoms with Crippen LogP contribution in [0, 0.1) is 0 Å². The SMILES string of the molecule is O=C(c1ccc(-n2cccc2)cc1)N1CCC(Oc2nncc3ccccc23)CC1. The quantitative estimate of drug-likeness (QED) is 0.519. The van der Waals surface area contributed by atoms with Gasteiger partial charge in [-0.05, 0) is 42.5 Å². The zero-order chi connectivity index (χ0) is 20.3. The molecule has 1 aliphatic rings. The van der Waals surface area contributed by atoms with E-state index in [1.54, 1.807) is 6.20 Å². The molecule has 4 aromatic rings. The van der Waals surface area contributed by atoms with Crippen molar-refractivity contribution in [2.75, 3.05) is 13.1 Å². The molecule has 3 heterocycles. The number of piperidine rings is 1. The molecule has 1 saturated heterocycles. The predicted molar refractivity (Wildman–Crippen MR) is 115 cm³/mol. The molecule has 1 fully saturated rings. The van der Waals surface area contributed by atoms with Gasteiger partial charge in [-0.25, -0.2) is 0 Å². The second-order valence-corrected chi connectivity index (χ2v) is 7.48. The summed E-state index contributed by atoms with van der Waals surface area (Å²) in [7, 11) is 0. The Hall–Kier alpha value is -3.67. The molecule has 6 heteroatoms. The summed E-state index contributed by atoms with van der Waals surface area (Å²) in [6.45, 7) is 1.34. The fourth-order valence-electron chi connectivity index (χ4n) is 3.89. The molecule has 0 saturated carbocycles. The monoisotopic (exact) mass is 398 g/mol. The summed E-state index contributed by atoms with van der Waals surface area (Å²) in [6.07, 6.45) is 7.30. The van der Waals surface area contributed by atoms with Crippen LogP contribution in [-0.2, 0) is 0 Å². The Morgan fingerprint density at radius 2 is 1.67 bits per heavy atom. The van der Waals surface area contributed by atoms with Crippen LogP contribution in [-0.4, -0.2) is 44.8 Å². The van der Waals surface area contributed by atoms with Gasteiger partial charge in [-0.3, -0.25) is 4.79 Å². The molecule has 1 aliphatic heterocycles. The molecular formula is C24H22N4O2. The van der Waals surface area contributed by atoms with Crippen LogP contribution >= 0.6 is 0 Å². The zero-order valence-corrected chi connectivity index (χ0v) is 16.5. The van der Waals surface area contributed by atoms with E-state index < -0.39 is 0 Å². The number of amides is 1. The van der Waals surface area contributed by atoms with E-state index in [9.17, 15) is 4.79 Å². The van der Waals surface area contributed by atoms with Crippen molar-refractivity contribution >= 4 is 16.7 Å². The maximum Gasteiger partial charge on any atom is 0.253 e. The minimum Gasteiger partial charge on any atom is -0.473 e. The van der Waals surface area contributed by atoms with E-state index in [0.717, 1.165) is 29.3 Å². The predicted octanol–water partition coefficient (Wildman–Crippen LogP) is 4.10. The first-order chi connectivity index (χ1) is 14.8. The lowest BCUT2D eigenvalue weighted by molar-refractivity contribution is 0.0589. The third-order valence-electron chi connectivity index (χ3n) is 5.56. The number of nitrogens with zero attached hydrogens (tertiary/aromatic N) is 4. The number of benzene rings is 2. The molecule has 0 radical (unpaired) electrons. The summed E-state index contributed by atoms with van der Waals surface area (Å²) in [5, 5.41) is 10.2. The molecule has 5 rings (SSSR count). The molecule has 6 nitrogen and oxygen atoms in total. The number of hydrogen-bond donors (Lipinski definition) is 0. The van der Waals surface area contributed by atoms with Gasteiger partial charge in [-0.15, -0.1) is 5.10 Å². The summed E-state index contributed by atoms with van der Waals surface area (Å²) in [6, 6.07) is 19.6. The number of rotatable bonds is 4. The van der Waals surface area contributed by atoms with Crippen LogP contribution in [0.1, 0.15) is 23.2 Å². The summed E-state index contributed by atoms with van der Waals surface area (Å²) < 4.78 is 8.17. The highest BCUT2D eigenvalue weighted by Gasteiger charge is 2.25. The Morgan fingerprint density at radius 1 is 0.933 bits per heavy atom. The molecule has 30 heavy (non-hydrogen) atoms. The second kappa shape index (κ2) is 7.99. The van der Waals surface area contributed by atoms with Gasteiger partial charge < -0.3 is 14.2 Å². The van der Waals surface area contributed by atoms with Crippen LogP contribution in [0.3, 0.4) is 0 Å². The lowest BCUT2D eigenvalue weighted by Crippen LogP contribution is -2.41. The van der Waals surface area contributed by atoms with Crippen molar-refractivity contribution in [2.45, 2.75) is 18.9 Å². The molecular weight excluding hydrogens is 376 g/mol. The number of hydrogen-bond acceptors (Lipinski definition) is 4. The maximum absolute atomic E-state index is 12.9. The van der Waals surface area contributed by atoms with Gasteiger partial charge in [0.25, 0.3) is 5.91 Å². The smallest absolute Gasteiger partial charge is 0.253 e. The standard InChI is InChI=1S/C24H22N4O2/c29-24(18-7-9-20(10-8-18)27-13-3-4-14-27)28-15-11-21(12-16-28)30-23-22-6-2-1-5-19(22)17-25-26-23/h1-10,13-14,17,21H,11-12,15-16H2. The molecule has 0 unspecified atom stereocenters. The van der Waals surface area contributed by atoms with Crippen molar-refractivity contribution in [3.8, 4) is 11.6 Å². The van der Waals surface area contributed by atoms with Crippen LogP contribution < -0.4 is 4.74 Å². The molecule has 0 aliphatic carbocycles.